The Morgan fingerprint density at radius 3 is 2.44 bits per heavy atom. The van der Waals surface area contributed by atoms with E-state index in [0.29, 0.717) is 44.1 Å². The van der Waals surface area contributed by atoms with Gasteiger partial charge in [0.05, 0.1) is 22.3 Å². The first-order valence-corrected chi connectivity index (χ1v) is 23.9. The summed E-state index contributed by atoms with van der Waals surface area (Å²) in [4.78, 5) is 15.2. The molecule has 6 aliphatic carbocycles. The lowest BCUT2D eigenvalue weighted by molar-refractivity contribution is -0.174. The number of allylic oxidation sites excluding steroid dienone is 4. The number of benzene rings is 3. The highest BCUT2D eigenvalue weighted by atomic mass is 35.5. The van der Waals surface area contributed by atoms with Crippen molar-refractivity contribution in [2.75, 3.05) is 6.54 Å². The van der Waals surface area contributed by atoms with Crippen molar-refractivity contribution in [2.24, 2.45) is 33.5 Å². The minimum Gasteiger partial charge on any atom is -0.453 e. The third-order valence-electron chi connectivity index (χ3n) is 16.1. The molecule has 8 unspecified atom stereocenters. The molecule has 324 valence electrons. The molecule has 0 amide bonds. The summed E-state index contributed by atoms with van der Waals surface area (Å²) in [6, 6.07) is 22.9. The Labute approximate surface area is 368 Å². The van der Waals surface area contributed by atoms with Crippen LogP contribution in [-0.2, 0) is 22.7 Å². The van der Waals surface area contributed by atoms with Crippen LogP contribution < -0.4 is 0 Å². The predicted molar refractivity (Wildman–Crippen MR) is 233 cm³/mol. The molecule has 7 nitrogen and oxygen atoms in total. The highest BCUT2D eigenvalue weighted by Gasteiger charge is 2.74. The van der Waals surface area contributed by atoms with Gasteiger partial charge in [0.15, 0.2) is 5.76 Å². The largest absolute Gasteiger partial charge is 0.453 e. The van der Waals surface area contributed by atoms with Crippen LogP contribution in [-0.4, -0.2) is 47.0 Å². The number of furan rings is 1. The van der Waals surface area contributed by atoms with E-state index in [1.807, 2.05) is 48.5 Å². The quantitative estimate of drug-likeness (QED) is 0.113. The fraction of sp³-hybridized carbons (Fsp3) is 0.408. The summed E-state index contributed by atoms with van der Waals surface area (Å²) in [7, 11) is -4.07. The van der Waals surface area contributed by atoms with E-state index in [4.69, 9.17) is 16.0 Å². The number of rotatable bonds is 9. The van der Waals surface area contributed by atoms with Gasteiger partial charge in [0.2, 0.25) is 5.78 Å². The molecule has 8 atom stereocenters. The van der Waals surface area contributed by atoms with Gasteiger partial charge in [-0.1, -0.05) is 92.2 Å². The summed E-state index contributed by atoms with van der Waals surface area (Å²) in [6.07, 6.45) is 4.98. The molecular weight excluding hydrogens is 855 g/mol. The number of aliphatic hydroxyl groups is 2. The van der Waals surface area contributed by atoms with Crippen LogP contribution in [0.4, 0.5) is 13.2 Å². The molecule has 3 aromatic carbocycles. The van der Waals surface area contributed by atoms with Crippen LogP contribution in [0.15, 0.2) is 123 Å². The van der Waals surface area contributed by atoms with E-state index >= 15 is 4.79 Å². The zero-order chi connectivity index (χ0) is 43.7. The maximum atomic E-state index is 15.2. The van der Waals surface area contributed by atoms with Gasteiger partial charge in [-0.3, -0.25) is 4.79 Å². The maximum Gasteiger partial charge on any atom is 0.416 e. The van der Waals surface area contributed by atoms with Gasteiger partial charge >= 0.3 is 6.18 Å². The van der Waals surface area contributed by atoms with Crippen LogP contribution in [0.3, 0.4) is 0 Å². The SMILES string of the molecule is CC12CCC(O)CC13C=CC1(C(C(=O)c4ccc(-c5cc(C(F)(F)F)ccc5Cl)o4)=C3)C2CCC2(C)C1CCC2(O)CN(Cc1cccc2ccccc12)S(=O)(=O)c1cccs1. The van der Waals surface area contributed by atoms with Crippen molar-refractivity contribution in [1.29, 1.82) is 0 Å². The summed E-state index contributed by atoms with van der Waals surface area (Å²) in [5, 5.41) is 28.1. The van der Waals surface area contributed by atoms with Gasteiger partial charge in [-0.05, 0) is 120 Å². The van der Waals surface area contributed by atoms with Crippen molar-refractivity contribution >= 4 is 49.5 Å². The highest BCUT2D eigenvalue weighted by Crippen LogP contribution is 2.78. The van der Waals surface area contributed by atoms with Crippen LogP contribution in [0.5, 0.6) is 0 Å². The summed E-state index contributed by atoms with van der Waals surface area (Å²) < 4.78 is 78.4. The van der Waals surface area contributed by atoms with E-state index in [2.05, 4.69) is 26.0 Å². The Bertz CT molecular complexity index is 2800. The summed E-state index contributed by atoms with van der Waals surface area (Å²) in [5.41, 5.74) is -3.83. The molecule has 0 aliphatic heterocycles. The van der Waals surface area contributed by atoms with Crippen molar-refractivity contribution in [1.82, 2.24) is 4.31 Å². The number of thiophene rings is 1. The number of ketones is 1. The Morgan fingerprint density at radius 1 is 0.919 bits per heavy atom. The molecule has 3 fully saturated rings. The van der Waals surface area contributed by atoms with Crippen molar-refractivity contribution < 1.29 is 41.0 Å². The van der Waals surface area contributed by atoms with Crippen LogP contribution >= 0.6 is 22.9 Å². The molecule has 2 N–H and O–H groups in total. The molecule has 13 heteroatoms. The van der Waals surface area contributed by atoms with Crippen molar-refractivity contribution in [3.05, 3.63) is 136 Å². The first-order valence-electron chi connectivity index (χ1n) is 21.2. The number of hydrogen-bond acceptors (Lipinski definition) is 7. The second kappa shape index (κ2) is 14.2. The number of halogens is 4. The number of nitrogens with zero attached hydrogens (tertiary/aromatic N) is 1. The van der Waals surface area contributed by atoms with E-state index < -0.39 is 55.5 Å². The van der Waals surface area contributed by atoms with E-state index in [-0.39, 0.29) is 56.7 Å². The average Bonchev–Trinajstić information content (AvgIpc) is 4.01. The summed E-state index contributed by atoms with van der Waals surface area (Å²) in [6.45, 7) is 4.21. The zero-order valence-electron chi connectivity index (χ0n) is 34.3. The Kier molecular flexibility index (Phi) is 9.63. The second-order valence-electron chi connectivity index (χ2n) is 18.8. The van der Waals surface area contributed by atoms with E-state index in [0.717, 1.165) is 52.3 Å². The molecule has 2 spiro atoms. The molecule has 2 bridgehead atoms. The molecule has 6 aliphatic rings. The van der Waals surface area contributed by atoms with E-state index in [9.17, 15) is 31.8 Å². The van der Waals surface area contributed by atoms with Gasteiger partial charge in [0.1, 0.15) is 9.97 Å². The first kappa shape index (κ1) is 41.9. The van der Waals surface area contributed by atoms with Gasteiger partial charge < -0.3 is 14.6 Å². The lowest BCUT2D eigenvalue weighted by Crippen LogP contribution is -2.67. The third kappa shape index (κ3) is 5.99. The van der Waals surface area contributed by atoms with Gasteiger partial charge in [-0.15, -0.1) is 11.3 Å². The van der Waals surface area contributed by atoms with E-state index in [1.54, 1.807) is 17.5 Å². The van der Waals surface area contributed by atoms with Crippen LogP contribution in [0.25, 0.3) is 22.1 Å². The molecule has 3 saturated carbocycles. The van der Waals surface area contributed by atoms with Gasteiger partial charge in [0.25, 0.3) is 10.0 Å². The molecule has 0 saturated heterocycles. The number of carbonyl (C=O) groups is 1. The molecule has 2 aromatic heterocycles. The zero-order valence-corrected chi connectivity index (χ0v) is 36.7. The molecular formula is C49H47ClF3NO6S2. The third-order valence-corrected chi connectivity index (χ3v) is 19.6. The number of alkyl halides is 3. The monoisotopic (exact) mass is 901 g/mol. The number of Topliss-reactive ketones (excluding diaryl/α,β-unsaturated/α-hetero) is 1. The first-order chi connectivity index (χ1) is 29.4. The van der Waals surface area contributed by atoms with Crippen LogP contribution in [0.2, 0.25) is 5.02 Å². The number of sulfonamides is 1. The second-order valence-corrected chi connectivity index (χ2v) is 22.4. The molecule has 5 aromatic rings. The minimum atomic E-state index is -4.62. The van der Waals surface area contributed by atoms with Crippen LogP contribution in [0, 0.1) is 33.5 Å². The number of fused-ring (bicyclic) bond motifs is 2. The smallest absolute Gasteiger partial charge is 0.416 e. The number of aliphatic hydroxyl groups excluding tert-OH is 1. The normalized spacial score (nSPS) is 32.7. The number of hydrogen-bond donors (Lipinski definition) is 2. The molecule has 11 rings (SSSR count). The highest BCUT2D eigenvalue weighted by molar-refractivity contribution is 7.91. The minimum absolute atomic E-state index is 0.00819. The Hall–Kier alpha value is -4.04. The maximum absolute atomic E-state index is 15.2. The topological polar surface area (TPSA) is 108 Å². The fourth-order valence-electron chi connectivity index (χ4n) is 12.9. The van der Waals surface area contributed by atoms with Gasteiger partial charge in [-0.25, -0.2) is 8.42 Å². The van der Waals surface area contributed by atoms with E-state index in [1.165, 1.54) is 16.4 Å². The van der Waals surface area contributed by atoms with Crippen molar-refractivity contribution in [3.63, 3.8) is 0 Å². The van der Waals surface area contributed by atoms with Gasteiger partial charge in [-0.2, -0.15) is 17.5 Å². The molecule has 0 radical (unpaired) electrons. The van der Waals surface area contributed by atoms with Gasteiger partial charge in [0, 0.05) is 40.5 Å². The van der Waals surface area contributed by atoms with Crippen molar-refractivity contribution in [2.45, 2.75) is 87.4 Å². The molecule has 2 heterocycles. The number of carbonyl (C=O) groups excluding carboxylic acids is 1. The Balaban J connectivity index is 1.06. The lowest BCUT2D eigenvalue weighted by Gasteiger charge is -2.71. The van der Waals surface area contributed by atoms with Crippen molar-refractivity contribution in [3.8, 4) is 11.3 Å². The Morgan fingerprint density at radius 2 is 1.66 bits per heavy atom. The van der Waals surface area contributed by atoms with Crippen LogP contribution in [0.1, 0.15) is 80.5 Å². The fourth-order valence-corrected chi connectivity index (χ4v) is 15.7. The molecule has 62 heavy (non-hydrogen) atoms. The summed E-state index contributed by atoms with van der Waals surface area (Å²) in [5.74, 6) is -0.803. The average molecular weight is 902 g/mol. The predicted octanol–water partition coefficient (Wildman–Crippen LogP) is 11.5. The lowest BCUT2D eigenvalue weighted by atomic mass is 9.32. The standard InChI is InChI=1S/C49H47ClF3NO6S2/c1-44-19-16-33(55)26-46(44)22-23-48(36(27-46)43(56)39-15-14-38(60-39)35-25-32(49(51,52)53)12-13-37(35)50)40(44)17-20-45(2)41(48)18-21-47(45,57)29-54(62(58,59)42-11-6-24-61-42)28-31-9-5-8-30-7-3-4-10-34(30)31/h3-15,22-25,27,33,40-41,55,57H,16-21,26,28-29H2,1-2H3. The summed E-state index contributed by atoms with van der Waals surface area (Å²) >= 11 is 7.55.